The van der Waals surface area contributed by atoms with E-state index in [-0.39, 0.29) is 0 Å². The van der Waals surface area contributed by atoms with Crippen molar-refractivity contribution in [2.45, 2.75) is 20.8 Å². The number of allylic oxidation sites excluding steroid dienone is 5. The lowest BCUT2D eigenvalue weighted by Gasteiger charge is -1.99. The van der Waals surface area contributed by atoms with E-state index in [2.05, 4.69) is 37.5 Å². The molecule has 0 aromatic heterocycles. The summed E-state index contributed by atoms with van der Waals surface area (Å²) >= 11 is 1.78. The van der Waals surface area contributed by atoms with Gasteiger partial charge in [0.15, 0.2) is 0 Å². The van der Waals surface area contributed by atoms with Crippen LogP contribution in [0.25, 0.3) is 0 Å². The van der Waals surface area contributed by atoms with E-state index >= 15 is 0 Å². The van der Waals surface area contributed by atoms with Crippen molar-refractivity contribution in [3.8, 4) is 0 Å². The summed E-state index contributed by atoms with van der Waals surface area (Å²) in [5.74, 6) is 0. The molecule has 0 bridgehead atoms. The Labute approximate surface area is 74.1 Å². The zero-order chi connectivity index (χ0) is 8.69. The molecule has 1 heteroatoms. The van der Waals surface area contributed by atoms with Gasteiger partial charge in [-0.1, -0.05) is 24.3 Å². The lowest BCUT2D eigenvalue weighted by Crippen LogP contribution is -1.75. The molecule has 0 atom stereocenters. The summed E-state index contributed by atoms with van der Waals surface area (Å²) in [5, 5.41) is 0. The molecule has 0 saturated carbocycles. The summed E-state index contributed by atoms with van der Waals surface area (Å²) < 4.78 is 0. The molecule has 62 valence electrons. The van der Waals surface area contributed by atoms with Crippen LogP contribution >= 0.6 is 11.8 Å². The van der Waals surface area contributed by atoms with Gasteiger partial charge in [-0.15, -0.1) is 11.8 Å². The molecule has 0 spiro atoms. The van der Waals surface area contributed by atoms with Crippen LogP contribution in [0.1, 0.15) is 20.8 Å². The maximum absolute atomic E-state index is 2.14. The molecule has 0 aromatic rings. The fourth-order valence-electron chi connectivity index (χ4n) is 0.844. The fraction of sp³-hybridized carbons (Fsp3) is 0.400. The van der Waals surface area contributed by atoms with Crippen LogP contribution in [-0.2, 0) is 0 Å². The zero-order valence-corrected chi connectivity index (χ0v) is 8.53. The first kappa shape index (κ1) is 10.6. The summed E-state index contributed by atoms with van der Waals surface area (Å²) in [6, 6.07) is 0. The molecule has 0 nitrogen and oxygen atoms in total. The molecule has 0 rings (SSSR count). The van der Waals surface area contributed by atoms with Crippen molar-refractivity contribution < 1.29 is 0 Å². The van der Waals surface area contributed by atoms with Crippen molar-refractivity contribution in [2.75, 3.05) is 6.26 Å². The van der Waals surface area contributed by atoms with E-state index < -0.39 is 0 Å². The van der Waals surface area contributed by atoms with E-state index in [1.807, 2.05) is 13.8 Å². The van der Waals surface area contributed by atoms with Crippen LogP contribution in [0, 0.1) is 0 Å². The Kier molecular flexibility index (Phi) is 6.05. The minimum Gasteiger partial charge on any atom is -0.129 e. The first-order valence-corrected chi connectivity index (χ1v) is 4.99. The SMILES string of the molecule is C\C=C/C(SC)=C(C)\C=C\C. The van der Waals surface area contributed by atoms with Gasteiger partial charge in [0.1, 0.15) is 0 Å². The van der Waals surface area contributed by atoms with Crippen molar-refractivity contribution in [1.82, 2.24) is 0 Å². The lowest BCUT2D eigenvalue weighted by molar-refractivity contribution is 1.48. The van der Waals surface area contributed by atoms with E-state index in [0.29, 0.717) is 0 Å². The highest BCUT2D eigenvalue weighted by Gasteiger charge is 1.91. The molecular weight excluding hydrogens is 152 g/mol. The Morgan fingerprint density at radius 1 is 1.09 bits per heavy atom. The van der Waals surface area contributed by atoms with E-state index in [9.17, 15) is 0 Å². The molecule has 0 aliphatic carbocycles. The third-order valence-corrected chi connectivity index (χ3v) is 2.24. The van der Waals surface area contributed by atoms with Gasteiger partial charge in [0.2, 0.25) is 0 Å². The highest BCUT2D eigenvalue weighted by molar-refractivity contribution is 8.02. The van der Waals surface area contributed by atoms with Crippen LogP contribution in [0.5, 0.6) is 0 Å². The van der Waals surface area contributed by atoms with Crippen molar-refractivity contribution in [3.05, 3.63) is 34.8 Å². The Morgan fingerprint density at radius 2 is 1.64 bits per heavy atom. The number of thioether (sulfide) groups is 1. The van der Waals surface area contributed by atoms with Crippen LogP contribution in [0.15, 0.2) is 34.8 Å². The van der Waals surface area contributed by atoms with Crippen LogP contribution in [0.4, 0.5) is 0 Å². The molecule has 0 N–H and O–H groups in total. The van der Waals surface area contributed by atoms with Gasteiger partial charge in [-0.2, -0.15) is 0 Å². The minimum atomic E-state index is 1.33. The Hall–Kier alpha value is -0.430. The second-order valence-corrected chi connectivity index (χ2v) is 3.10. The van der Waals surface area contributed by atoms with Gasteiger partial charge >= 0.3 is 0 Å². The van der Waals surface area contributed by atoms with Crippen LogP contribution < -0.4 is 0 Å². The van der Waals surface area contributed by atoms with Crippen LogP contribution in [-0.4, -0.2) is 6.26 Å². The van der Waals surface area contributed by atoms with E-state index in [0.717, 1.165) is 0 Å². The summed E-state index contributed by atoms with van der Waals surface area (Å²) in [4.78, 5) is 1.34. The predicted molar refractivity (Wildman–Crippen MR) is 55.8 cm³/mol. The normalized spacial score (nSPS) is 14.5. The molecule has 0 aliphatic rings. The van der Waals surface area contributed by atoms with Gasteiger partial charge in [0.25, 0.3) is 0 Å². The highest BCUT2D eigenvalue weighted by atomic mass is 32.2. The van der Waals surface area contributed by atoms with E-state index in [4.69, 9.17) is 0 Å². The van der Waals surface area contributed by atoms with Gasteiger partial charge in [-0.05, 0) is 32.6 Å². The summed E-state index contributed by atoms with van der Waals surface area (Å²) in [6.07, 6.45) is 10.5. The lowest BCUT2D eigenvalue weighted by atomic mass is 10.2. The van der Waals surface area contributed by atoms with Crippen molar-refractivity contribution >= 4 is 11.8 Å². The summed E-state index contributed by atoms with van der Waals surface area (Å²) in [5.41, 5.74) is 1.33. The highest BCUT2D eigenvalue weighted by Crippen LogP contribution is 2.18. The van der Waals surface area contributed by atoms with Gasteiger partial charge in [-0.3, -0.25) is 0 Å². The quantitative estimate of drug-likeness (QED) is 0.578. The van der Waals surface area contributed by atoms with E-state index in [1.165, 1.54) is 10.5 Å². The van der Waals surface area contributed by atoms with Crippen molar-refractivity contribution in [1.29, 1.82) is 0 Å². The van der Waals surface area contributed by atoms with E-state index in [1.54, 1.807) is 11.8 Å². The van der Waals surface area contributed by atoms with Gasteiger partial charge in [-0.25, -0.2) is 0 Å². The second-order valence-electron chi connectivity index (χ2n) is 2.25. The fourth-order valence-corrected chi connectivity index (χ4v) is 1.51. The van der Waals surface area contributed by atoms with Crippen LogP contribution in [0.3, 0.4) is 0 Å². The maximum Gasteiger partial charge on any atom is 0.00949 e. The molecule has 0 heterocycles. The Balaban J connectivity index is 4.52. The molecule has 0 fully saturated rings. The average Bonchev–Trinajstić information content (AvgIpc) is 2.00. The Bertz CT molecular complexity index is 185. The van der Waals surface area contributed by atoms with Gasteiger partial charge in [0.05, 0.1) is 0 Å². The molecule has 0 radical (unpaired) electrons. The average molecular weight is 168 g/mol. The number of hydrogen-bond acceptors (Lipinski definition) is 1. The molecule has 0 amide bonds. The minimum absolute atomic E-state index is 1.33. The third kappa shape index (κ3) is 4.10. The largest absolute Gasteiger partial charge is 0.129 e. The third-order valence-electron chi connectivity index (χ3n) is 1.34. The first-order chi connectivity index (χ1) is 5.26. The molecule has 0 aliphatic heterocycles. The summed E-state index contributed by atoms with van der Waals surface area (Å²) in [6.45, 7) is 6.21. The molecule has 0 saturated heterocycles. The molecule has 0 unspecified atom stereocenters. The smallest absolute Gasteiger partial charge is 0.00949 e. The topological polar surface area (TPSA) is 0 Å². The zero-order valence-electron chi connectivity index (χ0n) is 7.72. The van der Waals surface area contributed by atoms with Crippen molar-refractivity contribution in [3.63, 3.8) is 0 Å². The standard InChI is InChI=1S/C10H16S/c1-5-7-9(3)10(11-4)8-6-2/h5-8H,1-4H3/b7-5+,8-6-,10-9+. The predicted octanol–water partition coefficient (Wildman–Crippen LogP) is 3.78. The number of rotatable bonds is 3. The van der Waals surface area contributed by atoms with Crippen LogP contribution in [0.2, 0.25) is 0 Å². The van der Waals surface area contributed by atoms with Gasteiger partial charge in [0, 0.05) is 4.91 Å². The van der Waals surface area contributed by atoms with Crippen molar-refractivity contribution in [2.24, 2.45) is 0 Å². The molecule has 11 heavy (non-hydrogen) atoms. The van der Waals surface area contributed by atoms with Gasteiger partial charge < -0.3 is 0 Å². The monoisotopic (exact) mass is 168 g/mol. The maximum atomic E-state index is 2.14. The Morgan fingerprint density at radius 3 is 2.00 bits per heavy atom. The summed E-state index contributed by atoms with van der Waals surface area (Å²) in [7, 11) is 0. The first-order valence-electron chi connectivity index (χ1n) is 3.76. The second kappa shape index (κ2) is 6.29. The number of hydrogen-bond donors (Lipinski definition) is 0. The molecule has 0 aromatic carbocycles. The molecular formula is C10H16S.